The number of hydrogen-bond acceptors (Lipinski definition) is 2. The number of halogens is 1. The fraction of sp³-hybridized carbons (Fsp3) is 0.364. The summed E-state index contributed by atoms with van der Waals surface area (Å²) in [4.78, 5) is 11.1. The van der Waals surface area contributed by atoms with E-state index in [1.165, 1.54) is 0 Å². The summed E-state index contributed by atoms with van der Waals surface area (Å²) in [6.07, 6.45) is 0.852. The van der Waals surface area contributed by atoms with Gasteiger partial charge in [-0.05, 0) is 24.1 Å². The van der Waals surface area contributed by atoms with Gasteiger partial charge in [0.2, 0.25) is 5.91 Å². The van der Waals surface area contributed by atoms with Crippen molar-refractivity contribution >= 4 is 21.8 Å². The number of ether oxygens (including phenoxy) is 1. The van der Waals surface area contributed by atoms with Crippen molar-refractivity contribution in [1.82, 2.24) is 5.32 Å². The number of hydrogen-bond donors (Lipinski definition) is 1. The molecule has 15 heavy (non-hydrogen) atoms. The summed E-state index contributed by atoms with van der Waals surface area (Å²) in [5, 5.41) is 2.78. The second kappa shape index (κ2) is 4.77. The number of nitrogens with one attached hydrogen (secondary N) is 1. The Bertz CT molecular complexity index is 350. The lowest BCUT2D eigenvalue weighted by atomic mass is 10.1. The van der Waals surface area contributed by atoms with Gasteiger partial charge in [0.05, 0.1) is 6.10 Å². The van der Waals surface area contributed by atoms with Crippen LogP contribution >= 0.6 is 15.9 Å². The molecule has 1 fully saturated rings. The SMILES string of the molecule is O=C1COC(c2ccc(Br)cc2)CCN1. The highest BCUT2D eigenvalue weighted by Gasteiger charge is 2.17. The maximum Gasteiger partial charge on any atom is 0.246 e. The Labute approximate surface area is 96.9 Å². The van der Waals surface area contributed by atoms with Crippen LogP contribution < -0.4 is 5.32 Å². The van der Waals surface area contributed by atoms with E-state index in [4.69, 9.17) is 4.74 Å². The lowest BCUT2D eigenvalue weighted by Gasteiger charge is -2.13. The first kappa shape index (κ1) is 10.6. The summed E-state index contributed by atoms with van der Waals surface area (Å²) in [6, 6.07) is 8.01. The Morgan fingerprint density at radius 1 is 1.33 bits per heavy atom. The highest BCUT2D eigenvalue weighted by Crippen LogP contribution is 2.23. The zero-order chi connectivity index (χ0) is 10.7. The highest BCUT2D eigenvalue weighted by atomic mass is 79.9. The van der Waals surface area contributed by atoms with Gasteiger partial charge in [-0.2, -0.15) is 0 Å². The normalized spacial score (nSPS) is 21.9. The van der Waals surface area contributed by atoms with Gasteiger partial charge in [0.25, 0.3) is 0 Å². The lowest BCUT2D eigenvalue weighted by molar-refractivity contribution is -0.125. The molecule has 1 atom stereocenters. The van der Waals surface area contributed by atoms with Crippen molar-refractivity contribution in [2.75, 3.05) is 13.2 Å². The summed E-state index contributed by atoms with van der Waals surface area (Å²) in [7, 11) is 0. The molecule has 1 aromatic rings. The Morgan fingerprint density at radius 2 is 2.07 bits per heavy atom. The number of rotatable bonds is 1. The van der Waals surface area contributed by atoms with E-state index in [0.717, 1.165) is 16.5 Å². The van der Waals surface area contributed by atoms with Crippen LogP contribution in [0.5, 0.6) is 0 Å². The number of carbonyl (C=O) groups excluding carboxylic acids is 1. The average Bonchev–Trinajstić information content (AvgIpc) is 2.44. The molecule has 80 valence electrons. The van der Waals surface area contributed by atoms with Crippen molar-refractivity contribution < 1.29 is 9.53 Å². The Kier molecular flexibility index (Phi) is 3.38. The van der Waals surface area contributed by atoms with E-state index in [1.54, 1.807) is 0 Å². The molecule has 1 N–H and O–H groups in total. The van der Waals surface area contributed by atoms with Gasteiger partial charge in [-0.15, -0.1) is 0 Å². The molecule has 1 unspecified atom stereocenters. The third kappa shape index (κ3) is 2.79. The molecule has 1 heterocycles. The molecular formula is C11H12BrNO2. The number of benzene rings is 1. The molecule has 1 saturated heterocycles. The second-order valence-electron chi connectivity index (χ2n) is 3.49. The van der Waals surface area contributed by atoms with Crippen LogP contribution in [0.3, 0.4) is 0 Å². The third-order valence-corrected chi connectivity index (χ3v) is 2.91. The molecule has 0 saturated carbocycles. The van der Waals surface area contributed by atoms with Crippen LogP contribution in [0.1, 0.15) is 18.1 Å². The van der Waals surface area contributed by atoms with Gasteiger partial charge < -0.3 is 10.1 Å². The standard InChI is InChI=1S/C11H12BrNO2/c12-9-3-1-8(2-4-9)10-5-6-13-11(14)7-15-10/h1-4,10H,5-7H2,(H,13,14). The molecule has 3 nitrogen and oxygen atoms in total. The van der Waals surface area contributed by atoms with Gasteiger partial charge in [0.1, 0.15) is 6.61 Å². The van der Waals surface area contributed by atoms with Gasteiger partial charge in [-0.25, -0.2) is 0 Å². The third-order valence-electron chi connectivity index (χ3n) is 2.39. The van der Waals surface area contributed by atoms with Gasteiger partial charge in [-0.3, -0.25) is 4.79 Å². The van der Waals surface area contributed by atoms with Crippen LogP contribution in [0.25, 0.3) is 0 Å². The molecule has 0 aliphatic carbocycles. The first-order chi connectivity index (χ1) is 7.25. The van der Waals surface area contributed by atoms with E-state index >= 15 is 0 Å². The molecule has 2 rings (SSSR count). The Hall–Kier alpha value is -0.870. The molecule has 0 bridgehead atoms. The van der Waals surface area contributed by atoms with Crippen molar-refractivity contribution in [1.29, 1.82) is 0 Å². The van der Waals surface area contributed by atoms with Crippen molar-refractivity contribution in [3.63, 3.8) is 0 Å². The molecule has 1 aromatic carbocycles. The van der Waals surface area contributed by atoms with Crippen molar-refractivity contribution in [3.8, 4) is 0 Å². The minimum Gasteiger partial charge on any atom is -0.364 e. The molecular weight excluding hydrogens is 258 g/mol. The maximum absolute atomic E-state index is 11.1. The summed E-state index contributed by atoms with van der Waals surface area (Å²) in [5.41, 5.74) is 1.12. The molecule has 0 spiro atoms. The molecule has 0 radical (unpaired) electrons. The van der Waals surface area contributed by atoms with E-state index in [2.05, 4.69) is 21.2 Å². The summed E-state index contributed by atoms with van der Waals surface area (Å²) in [5.74, 6) is -0.0328. The van der Waals surface area contributed by atoms with Gasteiger partial charge in [-0.1, -0.05) is 28.1 Å². The fourth-order valence-corrected chi connectivity index (χ4v) is 1.86. The van der Waals surface area contributed by atoms with Crippen molar-refractivity contribution in [3.05, 3.63) is 34.3 Å². The van der Waals surface area contributed by atoms with E-state index in [9.17, 15) is 4.79 Å². The maximum atomic E-state index is 11.1. The molecule has 0 aromatic heterocycles. The molecule has 1 aliphatic rings. The van der Waals surface area contributed by atoms with Crippen LogP contribution in [0, 0.1) is 0 Å². The number of carbonyl (C=O) groups is 1. The quantitative estimate of drug-likeness (QED) is 0.847. The Balaban J connectivity index is 2.09. The topological polar surface area (TPSA) is 38.3 Å². The highest BCUT2D eigenvalue weighted by molar-refractivity contribution is 9.10. The van der Waals surface area contributed by atoms with Crippen LogP contribution in [0.4, 0.5) is 0 Å². The van der Waals surface area contributed by atoms with Crippen molar-refractivity contribution in [2.24, 2.45) is 0 Å². The van der Waals surface area contributed by atoms with Crippen LogP contribution in [-0.2, 0) is 9.53 Å². The summed E-state index contributed by atoms with van der Waals surface area (Å²) in [6.45, 7) is 0.834. The second-order valence-corrected chi connectivity index (χ2v) is 4.41. The Morgan fingerprint density at radius 3 is 2.80 bits per heavy atom. The molecule has 4 heteroatoms. The smallest absolute Gasteiger partial charge is 0.246 e. The zero-order valence-corrected chi connectivity index (χ0v) is 9.79. The minimum absolute atomic E-state index is 0.0250. The summed E-state index contributed by atoms with van der Waals surface area (Å²) < 4.78 is 6.56. The predicted molar refractivity (Wildman–Crippen MR) is 60.5 cm³/mol. The molecule has 1 aliphatic heterocycles. The summed E-state index contributed by atoms with van der Waals surface area (Å²) >= 11 is 3.39. The first-order valence-electron chi connectivity index (χ1n) is 4.89. The van der Waals surface area contributed by atoms with E-state index in [1.807, 2.05) is 24.3 Å². The zero-order valence-electron chi connectivity index (χ0n) is 8.20. The number of amides is 1. The van der Waals surface area contributed by atoms with Gasteiger partial charge in [0, 0.05) is 11.0 Å². The fourth-order valence-electron chi connectivity index (χ4n) is 1.59. The molecule has 1 amide bonds. The van der Waals surface area contributed by atoms with Crippen LogP contribution in [0.15, 0.2) is 28.7 Å². The van der Waals surface area contributed by atoms with E-state index in [-0.39, 0.29) is 18.6 Å². The van der Waals surface area contributed by atoms with E-state index in [0.29, 0.717) is 6.54 Å². The van der Waals surface area contributed by atoms with Gasteiger partial charge >= 0.3 is 0 Å². The average molecular weight is 270 g/mol. The monoisotopic (exact) mass is 269 g/mol. The van der Waals surface area contributed by atoms with Crippen LogP contribution in [-0.4, -0.2) is 19.1 Å². The lowest BCUT2D eigenvalue weighted by Crippen LogP contribution is -2.24. The minimum atomic E-state index is -0.0328. The predicted octanol–water partition coefficient (Wildman–Crippen LogP) is 2.03. The van der Waals surface area contributed by atoms with Gasteiger partial charge in [0.15, 0.2) is 0 Å². The van der Waals surface area contributed by atoms with E-state index < -0.39 is 0 Å². The largest absolute Gasteiger partial charge is 0.364 e. The van der Waals surface area contributed by atoms with Crippen molar-refractivity contribution in [2.45, 2.75) is 12.5 Å². The first-order valence-corrected chi connectivity index (χ1v) is 5.69. The van der Waals surface area contributed by atoms with Crippen LogP contribution in [0.2, 0.25) is 0 Å².